The first-order valence-electron chi connectivity index (χ1n) is 10.4. The van der Waals surface area contributed by atoms with E-state index in [0.29, 0.717) is 30.8 Å². The van der Waals surface area contributed by atoms with Gasteiger partial charge in [0.15, 0.2) is 11.5 Å². The average Bonchev–Trinajstić information content (AvgIpc) is 3.22. The molecule has 0 bridgehead atoms. The second-order valence-electron chi connectivity index (χ2n) is 7.56. The predicted octanol–water partition coefficient (Wildman–Crippen LogP) is 2.34. The first kappa shape index (κ1) is 22.4. The summed E-state index contributed by atoms with van der Waals surface area (Å²) >= 11 is 0. The van der Waals surface area contributed by atoms with E-state index in [-0.39, 0.29) is 29.2 Å². The number of amides is 2. The van der Waals surface area contributed by atoms with E-state index in [9.17, 15) is 14.0 Å². The Bertz CT molecular complexity index is 916. The van der Waals surface area contributed by atoms with Crippen LogP contribution in [0.3, 0.4) is 0 Å². The lowest BCUT2D eigenvalue weighted by atomic mass is 9.98. The molecule has 9 heteroatoms. The summed E-state index contributed by atoms with van der Waals surface area (Å²) in [4.78, 5) is 26.2. The lowest BCUT2D eigenvalue weighted by molar-refractivity contribution is -0.130. The van der Waals surface area contributed by atoms with Crippen LogP contribution in [0.25, 0.3) is 11.3 Å². The highest BCUT2D eigenvalue weighted by molar-refractivity contribution is 5.93. The van der Waals surface area contributed by atoms with E-state index in [4.69, 9.17) is 9.78 Å². The van der Waals surface area contributed by atoms with Crippen molar-refractivity contribution in [3.8, 4) is 17.4 Å². The molecule has 0 unspecified atom stereocenters. The standard InChI is InChI=1S/C22H26FN5O3/c23-18-7-5-16(6-8-18)20-13-19(27-31-20)22(30)26-10-2-1-3-12-28-14-17(15-28)21(29)25-11-4-9-24/h5-8,13,17H,1-4,10-12,14-15H2,(H,25,29)(H,26,30). The quantitative estimate of drug-likeness (QED) is 0.533. The number of benzene rings is 1. The highest BCUT2D eigenvalue weighted by atomic mass is 19.1. The fraction of sp³-hybridized carbons (Fsp3) is 0.455. The smallest absolute Gasteiger partial charge is 0.273 e. The molecule has 2 N–H and O–H groups in total. The minimum Gasteiger partial charge on any atom is -0.355 e. The second kappa shape index (κ2) is 11.2. The highest BCUT2D eigenvalue weighted by Crippen LogP contribution is 2.20. The normalized spacial score (nSPS) is 13.9. The van der Waals surface area contributed by atoms with Crippen molar-refractivity contribution < 1.29 is 18.5 Å². The molecule has 2 aromatic rings. The predicted molar refractivity (Wildman–Crippen MR) is 111 cm³/mol. The zero-order valence-electron chi connectivity index (χ0n) is 17.3. The third kappa shape index (κ3) is 6.62. The van der Waals surface area contributed by atoms with Gasteiger partial charge in [-0.2, -0.15) is 5.26 Å². The zero-order chi connectivity index (χ0) is 22.1. The molecular weight excluding hydrogens is 401 g/mol. The van der Waals surface area contributed by atoms with Gasteiger partial charge in [-0.1, -0.05) is 11.6 Å². The Labute approximate surface area is 180 Å². The van der Waals surface area contributed by atoms with Crippen molar-refractivity contribution in [2.24, 2.45) is 5.92 Å². The molecule has 1 saturated heterocycles. The van der Waals surface area contributed by atoms with Crippen molar-refractivity contribution in [1.82, 2.24) is 20.7 Å². The molecule has 1 aromatic carbocycles. The number of aromatic nitrogens is 1. The SMILES string of the molecule is N#CCCNC(=O)C1CN(CCCCCNC(=O)c2cc(-c3ccc(F)cc3)on2)C1. The van der Waals surface area contributed by atoms with Crippen molar-refractivity contribution in [3.05, 3.63) is 41.8 Å². The largest absolute Gasteiger partial charge is 0.355 e. The number of carbonyl (C=O) groups is 2. The van der Waals surface area contributed by atoms with E-state index >= 15 is 0 Å². The Balaban J connectivity index is 1.25. The average molecular weight is 427 g/mol. The van der Waals surface area contributed by atoms with Crippen LogP contribution in [0, 0.1) is 23.1 Å². The highest BCUT2D eigenvalue weighted by Gasteiger charge is 2.31. The third-order valence-electron chi connectivity index (χ3n) is 5.17. The van der Waals surface area contributed by atoms with Crippen LogP contribution >= 0.6 is 0 Å². The Morgan fingerprint density at radius 3 is 2.68 bits per heavy atom. The maximum absolute atomic E-state index is 13.0. The lowest BCUT2D eigenvalue weighted by Crippen LogP contribution is -2.53. The van der Waals surface area contributed by atoms with Crippen molar-refractivity contribution in [2.45, 2.75) is 25.7 Å². The van der Waals surface area contributed by atoms with E-state index in [2.05, 4.69) is 20.7 Å². The van der Waals surface area contributed by atoms with Gasteiger partial charge in [-0.15, -0.1) is 0 Å². The molecule has 164 valence electrons. The molecule has 0 atom stereocenters. The molecule has 8 nitrogen and oxygen atoms in total. The van der Waals surface area contributed by atoms with Crippen LogP contribution < -0.4 is 10.6 Å². The maximum atomic E-state index is 13.0. The van der Waals surface area contributed by atoms with Crippen molar-refractivity contribution in [2.75, 3.05) is 32.7 Å². The molecule has 0 saturated carbocycles. The summed E-state index contributed by atoms with van der Waals surface area (Å²) in [5.74, 6) is -0.167. The molecule has 1 aliphatic heterocycles. The maximum Gasteiger partial charge on any atom is 0.273 e. The first-order chi connectivity index (χ1) is 15.1. The summed E-state index contributed by atoms with van der Waals surface area (Å²) in [6.45, 7) is 3.41. The van der Waals surface area contributed by atoms with Gasteiger partial charge in [0.05, 0.1) is 18.4 Å². The molecule has 0 spiro atoms. The number of nitrogens with zero attached hydrogens (tertiary/aromatic N) is 3. The number of hydrogen-bond donors (Lipinski definition) is 2. The molecule has 1 fully saturated rings. The van der Waals surface area contributed by atoms with Crippen LogP contribution in [-0.4, -0.2) is 54.6 Å². The number of nitrogens with one attached hydrogen (secondary N) is 2. The Kier molecular flexibility index (Phi) is 8.12. The van der Waals surface area contributed by atoms with E-state index in [0.717, 1.165) is 38.9 Å². The summed E-state index contributed by atoms with van der Waals surface area (Å²) in [6.07, 6.45) is 3.15. The molecule has 31 heavy (non-hydrogen) atoms. The van der Waals surface area contributed by atoms with Gasteiger partial charge in [0.1, 0.15) is 5.82 Å². The van der Waals surface area contributed by atoms with E-state index in [1.807, 2.05) is 6.07 Å². The van der Waals surface area contributed by atoms with Gasteiger partial charge in [-0.3, -0.25) is 9.59 Å². The van der Waals surface area contributed by atoms with Crippen LogP contribution in [0.5, 0.6) is 0 Å². The molecule has 1 aromatic heterocycles. The molecular formula is C22H26FN5O3. The van der Waals surface area contributed by atoms with Crippen molar-refractivity contribution in [1.29, 1.82) is 5.26 Å². The molecule has 1 aliphatic rings. The summed E-state index contributed by atoms with van der Waals surface area (Å²) in [6, 6.07) is 9.33. The molecule has 0 aliphatic carbocycles. The van der Waals surface area contributed by atoms with Crippen LogP contribution in [-0.2, 0) is 4.79 Å². The third-order valence-corrected chi connectivity index (χ3v) is 5.17. The number of unbranched alkanes of at least 4 members (excludes halogenated alkanes) is 2. The van der Waals surface area contributed by atoms with Gasteiger partial charge < -0.3 is 20.1 Å². The number of carbonyl (C=O) groups excluding carboxylic acids is 2. The summed E-state index contributed by atoms with van der Waals surface area (Å²) in [5, 5.41) is 17.9. The molecule has 3 rings (SSSR count). The van der Waals surface area contributed by atoms with E-state index in [1.54, 1.807) is 18.2 Å². The molecule has 2 heterocycles. The fourth-order valence-corrected chi connectivity index (χ4v) is 3.37. The van der Waals surface area contributed by atoms with Gasteiger partial charge in [0, 0.05) is 37.8 Å². The number of nitriles is 1. The van der Waals surface area contributed by atoms with Crippen LogP contribution in [0.15, 0.2) is 34.9 Å². The monoisotopic (exact) mass is 427 g/mol. The fourth-order valence-electron chi connectivity index (χ4n) is 3.37. The Morgan fingerprint density at radius 1 is 1.16 bits per heavy atom. The van der Waals surface area contributed by atoms with Gasteiger partial charge in [0.2, 0.25) is 5.91 Å². The number of halogens is 1. The van der Waals surface area contributed by atoms with E-state index < -0.39 is 0 Å². The Morgan fingerprint density at radius 2 is 1.94 bits per heavy atom. The van der Waals surface area contributed by atoms with Gasteiger partial charge in [0.25, 0.3) is 5.91 Å². The summed E-state index contributed by atoms with van der Waals surface area (Å²) in [5.41, 5.74) is 0.847. The number of rotatable bonds is 11. The molecule has 0 radical (unpaired) electrons. The minimum absolute atomic E-state index is 0.0280. The van der Waals surface area contributed by atoms with E-state index in [1.165, 1.54) is 12.1 Å². The first-order valence-corrected chi connectivity index (χ1v) is 10.4. The summed E-state index contributed by atoms with van der Waals surface area (Å²) < 4.78 is 18.2. The van der Waals surface area contributed by atoms with Gasteiger partial charge in [-0.25, -0.2) is 4.39 Å². The lowest BCUT2D eigenvalue weighted by Gasteiger charge is -2.38. The summed E-state index contributed by atoms with van der Waals surface area (Å²) in [7, 11) is 0. The molecule has 2 amide bonds. The number of likely N-dealkylation sites (tertiary alicyclic amines) is 1. The van der Waals surface area contributed by atoms with Crippen LogP contribution in [0.2, 0.25) is 0 Å². The Hall–Kier alpha value is -3.25. The topological polar surface area (TPSA) is 111 Å². The van der Waals surface area contributed by atoms with Gasteiger partial charge >= 0.3 is 0 Å². The van der Waals surface area contributed by atoms with Crippen LogP contribution in [0.1, 0.15) is 36.2 Å². The number of hydrogen-bond acceptors (Lipinski definition) is 6. The minimum atomic E-state index is -0.340. The van der Waals surface area contributed by atoms with Crippen molar-refractivity contribution >= 4 is 11.8 Å². The van der Waals surface area contributed by atoms with Crippen LogP contribution in [0.4, 0.5) is 4.39 Å². The van der Waals surface area contributed by atoms with Gasteiger partial charge in [-0.05, 0) is 43.7 Å². The zero-order valence-corrected chi connectivity index (χ0v) is 17.3. The van der Waals surface area contributed by atoms with Crippen molar-refractivity contribution in [3.63, 3.8) is 0 Å². The second-order valence-corrected chi connectivity index (χ2v) is 7.56.